The van der Waals surface area contributed by atoms with Crippen molar-refractivity contribution >= 4 is 34.9 Å². The molecule has 6 heteroatoms. The van der Waals surface area contributed by atoms with Gasteiger partial charge in [-0.15, -0.1) is 6.58 Å². The van der Waals surface area contributed by atoms with Crippen LogP contribution in [0.25, 0.3) is 0 Å². The van der Waals surface area contributed by atoms with Crippen LogP contribution in [0.3, 0.4) is 0 Å². The molecule has 0 atom stereocenters. The molecule has 2 amide bonds. The summed E-state index contributed by atoms with van der Waals surface area (Å²) in [5.74, 6) is 0. The first-order valence-electron chi connectivity index (χ1n) is 9.28. The average Bonchev–Trinajstić information content (AvgIpc) is 3.12. The fourth-order valence-electron chi connectivity index (χ4n) is 3.12. The van der Waals surface area contributed by atoms with E-state index in [0.717, 1.165) is 12.2 Å². The zero-order valence-corrected chi connectivity index (χ0v) is 17.7. The fourth-order valence-corrected chi connectivity index (χ4v) is 3.47. The van der Waals surface area contributed by atoms with Gasteiger partial charge in [-0.2, -0.15) is 0 Å². The third kappa shape index (κ3) is 5.43. The number of halogens is 2. The summed E-state index contributed by atoms with van der Waals surface area (Å²) in [5.41, 5.74) is 3.95. The van der Waals surface area contributed by atoms with Crippen LogP contribution in [0.4, 0.5) is 10.5 Å². The van der Waals surface area contributed by atoms with Gasteiger partial charge in [0.2, 0.25) is 0 Å². The SMILES string of the molecule is C=CCN(Cc1cccn1Cc1cccc(C)c1)C(=O)Nc1cccc(Cl)c1Cl. The van der Waals surface area contributed by atoms with Gasteiger partial charge < -0.3 is 14.8 Å². The number of nitrogens with one attached hydrogen (secondary N) is 1. The van der Waals surface area contributed by atoms with Crippen molar-refractivity contribution < 1.29 is 4.79 Å². The van der Waals surface area contributed by atoms with Gasteiger partial charge in [0.15, 0.2) is 0 Å². The van der Waals surface area contributed by atoms with E-state index in [-0.39, 0.29) is 6.03 Å². The van der Waals surface area contributed by atoms with E-state index in [2.05, 4.69) is 47.7 Å². The normalized spacial score (nSPS) is 10.6. The first-order valence-corrected chi connectivity index (χ1v) is 10.0. The second-order valence-electron chi connectivity index (χ2n) is 6.82. The molecular weight excluding hydrogens is 405 g/mol. The van der Waals surface area contributed by atoms with E-state index in [1.807, 2.05) is 18.3 Å². The van der Waals surface area contributed by atoms with Crippen LogP contribution < -0.4 is 5.32 Å². The van der Waals surface area contributed by atoms with Gasteiger partial charge in [-0.25, -0.2) is 4.79 Å². The third-order valence-electron chi connectivity index (χ3n) is 4.54. The Labute approximate surface area is 181 Å². The number of anilines is 1. The number of carbonyl (C=O) groups is 1. The molecule has 0 radical (unpaired) electrons. The molecular formula is C23H23Cl2N3O. The van der Waals surface area contributed by atoms with Crippen LogP contribution in [0, 0.1) is 6.92 Å². The number of hydrogen-bond donors (Lipinski definition) is 1. The van der Waals surface area contributed by atoms with Crippen molar-refractivity contribution in [2.24, 2.45) is 0 Å². The number of aromatic nitrogens is 1. The molecule has 3 rings (SSSR count). The summed E-state index contributed by atoms with van der Waals surface area (Å²) in [7, 11) is 0. The summed E-state index contributed by atoms with van der Waals surface area (Å²) in [6.07, 6.45) is 3.72. The van der Waals surface area contributed by atoms with Crippen molar-refractivity contribution in [3.05, 3.63) is 100 Å². The molecule has 150 valence electrons. The topological polar surface area (TPSA) is 37.3 Å². The number of nitrogens with zero attached hydrogens (tertiary/aromatic N) is 2. The van der Waals surface area contributed by atoms with Gasteiger partial charge >= 0.3 is 6.03 Å². The predicted octanol–water partition coefficient (Wildman–Crippen LogP) is 6.37. The summed E-state index contributed by atoms with van der Waals surface area (Å²) >= 11 is 12.2. The van der Waals surface area contributed by atoms with Crippen LogP contribution in [-0.2, 0) is 13.1 Å². The molecule has 0 fully saturated rings. The van der Waals surface area contributed by atoms with Crippen LogP contribution in [0.2, 0.25) is 10.0 Å². The Morgan fingerprint density at radius 2 is 1.97 bits per heavy atom. The Morgan fingerprint density at radius 1 is 1.17 bits per heavy atom. The molecule has 29 heavy (non-hydrogen) atoms. The van der Waals surface area contributed by atoms with Gasteiger partial charge in [0.25, 0.3) is 0 Å². The monoisotopic (exact) mass is 427 g/mol. The van der Waals surface area contributed by atoms with Crippen molar-refractivity contribution in [3.8, 4) is 0 Å². The standard InChI is InChI=1S/C23H23Cl2N3O/c1-3-12-28(23(29)26-21-11-5-10-20(24)22(21)25)16-19-9-6-13-27(19)15-18-8-4-7-17(2)14-18/h3-11,13-14H,1,12,15-16H2,2H3,(H,26,29). The number of aryl methyl sites for hydroxylation is 1. The van der Waals surface area contributed by atoms with Gasteiger partial charge in [0, 0.05) is 25.0 Å². The van der Waals surface area contributed by atoms with Gasteiger partial charge in [-0.05, 0) is 36.8 Å². The van der Waals surface area contributed by atoms with E-state index < -0.39 is 0 Å². The van der Waals surface area contributed by atoms with E-state index in [0.29, 0.717) is 28.8 Å². The molecule has 0 aliphatic heterocycles. The minimum atomic E-state index is -0.266. The summed E-state index contributed by atoms with van der Waals surface area (Å²) in [6.45, 7) is 7.44. The Hall–Kier alpha value is -2.69. The molecule has 0 saturated heterocycles. The van der Waals surface area contributed by atoms with E-state index in [4.69, 9.17) is 23.2 Å². The Kier molecular flexibility index (Phi) is 7.02. The third-order valence-corrected chi connectivity index (χ3v) is 5.36. The van der Waals surface area contributed by atoms with Crippen molar-refractivity contribution in [2.45, 2.75) is 20.0 Å². The van der Waals surface area contributed by atoms with E-state index in [1.165, 1.54) is 11.1 Å². The number of carbonyl (C=O) groups excluding carboxylic acids is 1. The minimum absolute atomic E-state index is 0.266. The average molecular weight is 428 g/mol. The predicted molar refractivity (Wildman–Crippen MR) is 121 cm³/mol. The zero-order chi connectivity index (χ0) is 20.8. The zero-order valence-electron chi connectivity index (χ0n) is 16.2. The lowest BCUT2D eigenvalue weighted by Gasteiger charge is -2.23. The molecule has 0 unspecified atom stereocenters. The molecule has 0 bridgehead atoms. The van der Waals surface area contributed by atoms with Gasteiger partial charge in [-0.3, -0.25) is 0 Å². The van der Waals surface area contributed by atoms with E-state index in [9.17, 15) is 4.79 Å². The quantitative estimate of drug-likeness (QED) is 0.436. The van der Waals surface area contributed by atoms with Crippen molar-refractivity contribution in [1.82, 2.24) is 9.47 Å². The maximum Gasteiger partial charge on any atom is 0.322 e. The molecule has 1 N–H and O–H groups in total. The summed E-state index contributed by atoms with van der Waals surface area (Å²) < 4.78 is 2.14. The van der Waals surface area contributed by atoms with Crippen molar-refractivity contribution in [2.75, 3.05) is 11.9 Å². The second kappa shape index (κ2) is 9.68. The van der Waals surface area contributed by atoms with Crippen LogP contribution in [0.5, 0.6) is 0 Å². The lowest BCUT2D eigenvalue weighted by Crippen LogP contribution is -2.35. The van der Waals surface area contributed by atoms with Gasteiger partial charge in [0.05, 0.1) is 22.3 Å². The first kappa shape index (κ1) is 21.0. The molecule has 1 aromatic heterocycles. The highest BCUT2D eigenvalue weighted by Crippen LogP contribution is 2.29. The highest BCUT2D eigenvalue weighted by Gasteiger charge is 2.16. The van der Waals surface area contributed by atoms with Crippen LogP contribution >= 0.6 is 23.2 Å². The van der Waals surface area contributed by atoms with Gasteiger partial charge in [-0.1, -0.05) is 65.2 Å². The fraction of sp³-hybridized carbons (Fsp3) is 0.174. The van der Waals surface area contributed by atoms with E-state index >= 15 is 0 Å². The van der Waals surface area contributed by atoms with Crippen molar-refractivity contribution in [1.29, 1.82) is 0 Å². The number of benzene rings is 2. The highest BCUT2D eigenvalue weighted by molar-refractivity contribution is 6.43. The highest BCUT2D eigenvalue weighted by atomic mass is 35.5. The Bertz CT molecular complexity index is 1010. The number of rotatable bonds is 7. The molecule has 0 saturated carbocycles. The minimum Gasteiger partial charge on any atom is -0.345 e. The lowest BCUT2D eigenvalue weighted by molar-refractivity contribution is 0.214. The summed E-state index contributed by atoms with van der Waals surface area (Å²) in [5, 5.41) is 3.56. The molecule has 4 nitrogen and oxygen atoms in total. The Balaban J connectivity index is 1.75. The molecule has 0 spiro atoms. The second-order valence-corrected chi connectivity index (χ2v) is 7.60. The number of urea groups is 1. The smallest absolute Gasteiger partial charge is 0.322 e. The molecule has 3 aromatic rings. The van der Waals surface area contributed by atoms with Crippen molar-refractivity contribution in [3.63, 3.8) is 0 Å². The first-order chi connectivity index (χ1) is 14.0. The van der Waals surface area contributed by atoms with Crippen LogP contribution in [0.15, 0.2) is 73.4 Å². The largest absolute Gasteiger partial charge is 0.345 e. The molecule has 2 aromatic carbocycles. The maximum atomic E-state index is 12.9. The van der Waals surface area contributed by atoms with Crippen LogP contribution in [0.1, 0.15) is 16.8 Å². The Morgan fingerprint density at radius 3 is 2.72 bits per heavy atom. The number of hydrogen-bond acceptors (Lipinski definition) is 1. The maximum absolute atomic E-state index is 12.9. The van der Waals surface area contributed by atoms with Crippen LogP contribution in [-0.4, -0.2) is 22.0 Å². The van der Waals surface area contributed by atoms with E-state index in [1.54, 1.807) is 29.2 Å². The van der Waals surface area contributed by atoms with Gasteiger partial charge in [0.1, 0.15) is 0 Å². The lowest BCUT2D eigenvalue weighted by atomic mass is 10.1. The molecule has 0 aliphatic rings. The number of amides is 2. The molecule has 1 heterocycles. The summed E-state index contributed by atoms with van der Waals surface area (Å²) in [6, 6.07) is 17.3. The summed E-state index contributed by atoms with van der Waals surface area (Å²) in [4.78, 5) is 14.5. The molecule has 0 aliphatic carbocycles.